The number of amides is 3. The highest BCUT2D eigenvalue weighted by molar-refractivity contribution is 5.79. The Morgan fingerprint density at radius 1 is 1.12 bits per heavy atom. The van der Waals surface area contributed by atoms with Crippen molar-refractivity contribution in [3.8, 4) is 0 Å². The zero-order valence-electron chi connectivity index (χ0n) is 9.66. The number of rotatable bonds is 2. The molecule has 3 amide bonds. The number of nitrogens with zero attached hydrogens (tertiary/aromatic N) is 1. The molecular weight excluding hydrogens is 206 g/mol. The van der Waals surface area contributed by atoms with E-state index in [9.17, 15) is 9.59 Å². The molecule has 0 unspecified atom stereocenters. The van der Waals surface area contributed by atoms with Crippen LogP contribution in [0, 0.1) is 5.92 Å². The van der Waals surface area contributed by atoms with Crippen LogP contribution < -0.4 is 10.6 Å². The van der Waals surface area contributed by atoms with Crippen LogP contribution >= 0.6 is 0 Å². The lowest BCUT2D eigenvalue weighted by atomic mass is 9.96. The van der Waals surface area contributed by atoms with Crippen LogP contribution in [0.5, 0.6) is 0 Å². The van der Waals surface area contributed by atoms with E-state index in [1.807, 2.05) is 4.90 Å². The molecule has 2 fully saturated rings. The van der Waals surface area contributed by atoms with Gasteiger partial charge in [0.25, 0.3) is 0 Å². The Labute approximate surface area is 95.6 Å². The van der Waals surface area contributed by atoms with Gasteiger partial charge >= 0.3 is 6.03 Å². The van der Waals surface area contributed by atoms with Crippen LogP contribution in [0.1, 0.15) is 25.7 Å². The third-order valence-corrected chi connectivity index (χ3v) is 3.30. The van der Waals surface area contributed by atoms with Gasteiger partial charge in [0.15, 0.2) is 0 Å². The molecule has 5 nitrogen and oxygen atoms in total. The summed E-state index contributed by atoms with van der Waals surface area (Å²) in [6.45, 7) is 1.38. The average Bonchev–Trinajstić information content (AvgIpc) is 3.12. The van der Waals surface area contributed by atoms with Crippen molar-refractivity contribution in [1.82, 2.24) is 15.5 Å². The maximum Gasteiger partial charge on any atom is 0.317 e. The molecule has 1 heterocycles. The van der Waals surface area contributed by atoms with Gasteiger partial charge in [0.2, 0.25) is 5.91 Å². The Kier molecular flexibility index (Phi) is 3.31. The van der Waals surface area contributed by atoms with E-state index >= 15 is 0 Å². The fourth-order valence-corrected chi connectivity index (χ4v) is 2.04. The molecule has 2 rings (SSSR count). The minimum absolute atomic E-state index is 0.0397. The fraction of sp³-hybridized carbons (Fsp3) is 0.818. The van der Waals surface area contributed by atoms with Crippen LogP contribution in [0.3, 0.4) is 0 Å². The van der Waals surface area contributed by atoms with Crippen molar-refractivity contribution in [1.29, 1.82) is 0 Å². The molecule has 0 radical (unpaired) electrons. The normalized spacial score (nSPS) is 21.7. The Morgan fingerprint density at radius 3 is 2.25 bits per heavy atom. The Hall–Kier alpha value is -1.26. The lowest BCUT2D eigenvalue weighted by Crippen LogP contribution is -2.47. The number of carbonyl (C=O) groups is 2. The van der Waals surface area contributed by atoms with Crippen LogP contribution in [0.4, 0.5) is 4.79 Å². The highest BCUT2D eigenvalue weighted by Crippen LogP contribution is 2.21. The van der Waals surface area contributed by atoms with Crippen molar-refractivity contribution in [2.24, 2.45) is 5.92 Å². The van der Waals surface area contributed by atoms with Gasteiger partial charge in [0, 0.05) is 32.1 Å². The highest BCUT2D eigenvalue weighted by Gasteiger charge is 2.29. The fourth-order valence-electron chi connectivity index (χ4n) is 2.04. The molecule has 0 aromatic carbocycles. The summed E-state index contributed by atoms with van der Waals surface area (Å²) in [7, 11) is 1.66. The van der Waals surface area contributed by atoms with E-state index in [0.29, 0.717) is 19.1 Å². The number of carbonyl (C=O) groups excluding carboxylic acids is 2. The standard InChI is InChI=1S/C11H19N3O2/c1-12-10(15)8-4-6-14(7-5-8)11(16)13-9-2-3-9/h8-9H,2-7H2,1H3,(H,12,15)(H,13,16). The maximum absolute atomic E-state index is 11.7. The zero-order chi connectivity index (χ0) is 11.5. The topological polar surface area (TPSA) is 61.4 Å². The lowest BCUT2D eigenvalue weighted by Gasteiger charge is -2.31. The van der Waals surface area contributed by atoms with Crippen molar-refractivity contribution in [2.45, 2.75) is 31.7 Å². The van der Waals surface area contributed by atoms with Gasteiger partial charge in [0.05, 0.1) is 0 Å². The summed E-state index contributed by atoms with van der Waals surface area (Å²) in [5.41, 5.74) is 0. The predicted molar refractivity (Wildman–Crippen MR) is 59.9 cm³/mol. The zero-order valence-corrected chi connectivity index (χ0v) is 9.66. The Balaban J connectivity index is 1.75. The smallest absolute Gasteiger partial charge is 0.317 e. The molecule has 0 atom stereocenters. The van der Waals surface area contributed by atoms with Gasteiger partial charge in [-0.25, -0.2) is 4.79 Å². The minimum Gasteiger partial charge on any atom is -0.359 e. The van der Waals surface area contributed by atoms with E-state index in [0.717, 1.165) is 25.7 Å². The second kappa shape index (κ2) is 4.72. The molecule has 5 heteroatoms. The SMILES string of the molecule is CNC(=O)C1CCN(C(=O)NC2CC2)CC1. The molecule has 90 valence electrons. The summed E-state index contributed by atoms with van der Waals surface area (Å²) in [5, 5.41) is 5.63. The van der Waals surface area contributed by atoms with Gasteiger partial charge in [-0.3, -0.25) is 4.79 Å². The molecule has 2 N–H and O–H groups in total. The summed E-state index contributed by atoms with van der Waals surface area (Å²) in [4.78, 5) is 24.9. The van der Waals surface area contributed by atoms with Crippen molar-refractivity contribution in [2.75, 3.05) is 20.1 Å². The van der Waals surface area contributed by atoms with E-state index in [1.165, 1.54) is 0 Å². The summed E-state index contributed by atoms with van der Waals surface area (Å²) in [6.07, 6.45) is 3.77. The second-order valence-electron chi connectivity index (χ2n) is 4.60. The first kappa shape index (κ1) is 11.2. The van der Waals surface area contributed by atoms with Gasteiger partial charge in [-0.1, -0.05) is 0 Å². The molecule has 0 bridgehead atoms. The number of likely N-dealkylation sites (tertiary alicyclic amines) is 1. The van der Waals surface area contributed by atoms with Gasteiger partial charge in [-0.2, -0.15) is 0 Å². The van der Waals surface area contributed by atoms with E-state index in [2.05, 4.69) is 10.6 Å². The van der Waals surface area contributed by atoms with Crippen LogP contribution in [0.25, 0.3) is 0 Å². The molecule has 0 aromatic heterocycles. The summed E-state index contributed by atoms with van der Waals surface area (Å²) in [5.74, 6) is 0.178. The molecule has 1 saturated heterocycles. The van der Waals surface area contributed by atoms with Crippen LogP contribution in [-0.2, 0) is 4.79 Å². The van der Waals surface area contributed by atoms with E-state index < -0.39 is 0 Å². The number of hydrogen-bond donors (Lipinski definition) is 2. The van der Waals surface area contributed by atoms with Gasteiger partial charge in [-0.15, -0.1) is 0 Å². The number of hydrogen-bond acceptors (Lipinski definition) is 2. The van der Waals surface area contributed by atoms with Crippen molar-refractivity contribution >= 4 is 11.9 Å². The monoisotopic (exact) mass is 225 g/mol. The van der Waals surface area contributed by atoms with Gasteiger partial charge < -0.3 is 15.5 Å². The van der Waals surface area contributed by atoms with Crippen LogP contribution in [-0.4, -0.2) is 43.0 Å². The molecule has 1 saturated carbocycles. The molecular formula is C11H19N3O2. The summed E-state index contributed by atoms with van der Waals surface area (Å²) < 4.78 is 0. The van der Waals surface area contributed by atoms with Crippen molar-refractivity contribution in [3.63, 3.8) is 0 Å². The second-order valence-corrected chi connectivity index (χ2v) is 4.60. The molecule has 0 spiro atoms. The molecule has 1 aliphatic carbocycles. The maximum atomic E-state index is 11.7. The predicted octanol–water partition coefficient (Wildman–Crippen LogP) is 0.316. The first-order valence-corrected chi connectivity index (χ1v) is 5.97. The van der Waals surface area contributed by atoms with E-state index in [4.69, 9.17) is 0 Å². The van der Waals surface area contributed by atoms with Gasteiger partial charge in [-0.05, 0) is 25.7 Å². The molecule has 2 aliphatic rings. The molecule has 0 aromatic rings. The molecule has 16 heavy (non-hydrogen) atoms. The van der Waals surface area contributed by atoms with Crippen molar-refractivity contribution < 1.29 is 9.59 Å². The number of nitrogens with one attached hydrogen (secondary N) is 2. The van der Waals surface area contributed by atoms with Crippen LogP contribution in [0.2, 0.25) is 0 Å². The highest BCUT2D eigenvalue weighted by atomic mass is 16.2. The van der Waals surface area contributed by atoms with Crippen LogP contribution in [0.15, 0.2) is 0 Å². The van der Waals surface area contributed by atoms with E-state index in [1.54, 1.807) is 7.05 Å². The Morgan fingerprint density at radius 2 is 1.75 bits per heavy atom. The first-order valence-electron chi connectivity index (χ1n) is 5.97. The lowest BCUT2D eigenvalue weighted by molar-refractivity contribution is -0.125. The number of urea groups is 1. The quantitative estimate of drug-likeness (QED) is 0.711. The van der Waals surface area contributed by atoms with Gasteiger partial charge in [0.1, 0.15) is 0 Å². The van der Waals surface area contributed by atoms with E-state index in [-0.39, 0.29) is 17.9 Å². The first-order chi connectivity index (χ1) is 7.70. The summed E-state index contributed by atoms with van der Waals surface area (Å²) in [6, 6.07) is 0.446. The number of piperidine rings is 1. The Bertz CT molecular complexity index is 281. The minimum atomic E-state index is 0.0397. The summed E-state index contributed by atoms with van der Waals surface area (Å²) >= 11 is 0. The third-order valence-electron chi connectivity index (χ3n) is 3.30. The molecule has 1 aliphatic heterocycles. The third kappa shape index (κ3) is 2.65. The average molecular weight is 225 g/mol. The van der Waals surface area contributed by atoms with Crippen molar-refractivity contribution in [3.05, 3.63) is 0 Å². The largest absolute Gasteiger partial charge is 0.359 e.